The van der Waals surface area contributed by atoms with Crippen molar-refractivity contribution in [1.29, 1.82) is 0 Å². The Labute approximate surface area is 58.9 Å². The second-order valence-electron chi connectivity index (χ2n) is 1.09. The molecule has 0 aromatic rings. The molecule has 0 saturated carbocycles. The molecule has 0 saturated heterocycles. The van der Waals surface area contributed by atoms with Gasteiger partial charge in [0.15, 0.2) is 0 Å². The van der Waals surface area contributed by atoms with Gasteiger partial charge in [0.05, 0.1) is 0 Å². The van der Waals surface area contributed by atoms with E-state index >= 15 is 0 Å². The van der Waals surface area contributed by atoms with Crippen molar-refractivity contribution in [2.75, 3.05) is 6.54 Å². The molecule has 0 aliphatic heterocycles. The second-order valence-corrected chi connectivity index (χ2v) is 1.09. The Bertz CT molecular complexity index is 147. The summed E-state index contributed by atoms with van der Waals surface area (Å²) in [6, 6.07) is 0. The van der Waals surface area contributed by atoms with Gasteiger partial charge in [0, 0.05) is 12.6 Å². The first-order valence-electron chi connectivity index (χ1n) is 2.56. The van der Waals surface area contributed by atoms with E-state index in [1.807, 2.05) is 0 Å². The van der Waals surface area contributed by atoms with Gasteiger partial charge < -0.3 is 0 Å². The maximum absolute atomic E-state index is 9.14. The lowest BCUT2D eigenvalue weighted by Crippen LogP contribution is -1.78. The fourth-order valence-corrected chi connectivity index (χ4v) is 0.0645. The van der Waals surface area contributed by atoms with Crippen molar-refractivity contribution in [2.45, 2.75) is 6.92 Å². The average Bonchev–Trinajstić information content (AvgIpc) is 1.91. The minimum Gasteiger partial charge on any atom is -0.242 e. The molecular weight excluding hydrogens is 134 g/mol. The topological polar surface area (TPSA) is 66.4 Å². The number of hydrogen-bond acceptors (Lipinski definition) is 3. The molecular formula is C6H8NO3. The van der Waals surface area contributed by atoms with Gasteiger partial charge in [0.1, 0.15) is 0 Å². The van der Waals surface area contributed by atoms with Gasteiger partial charge in [-0.2, -0.15) is 0 Å². The van der Waals surface area contributed by atoms with Crippen LogP contribution in [0, 0.1) is 0 Å². The molecule has 4 heteroatoms. The van der Waals surface area contributed by atoms with Gasteiger partial charge in [-0.25, -0.2) is 19.7 Å². The van der Waals surface area contributed by atoms with Crippen LogP contribution in [0.15, 0.2) is 17.6 Å². The zero-order valence-corrected chi connectivity index (χ0v) is 5.66. The second kappa shape index (κ2) is 10.5. The molecule has 0 aliphatic rings. The maximum Gasteiger partial charge on any atom is 0.378 e. The molecule has 4 nitrogen and oxygen atoms in total. The van der Waals surface area contributed by atoms with Crippen molar-refractivity contribution >= 4 is 12.0 Å². The summed E-state index contributed by atoms with van der Waals surface area (Å²) >= 11 is 0. The molecule has 0 aromatic heterocycles. The van der Waals surface area contributed by atoms with Crippen molar-refractivity contribution in [3.63, 3.8) is 0 Å². The van der Waals surface area contributed by atoms with E-state index in [4.69, 9.17) is 14.7 Å². The van der Waals surface area contributed by atoms with Crippen LogP contribution in [0.1, 0.15) is 6.92 Å². The van der Waals surface area contributed by atoms with Crippen LogP contribution >= 0.6 is 0 Å². The van der Waals surface area contributed by atoms with Crippen LogP contribution in [0.3, 0.4) is 0 Å². The van der Waals surface area contributed by atoms with Crippen molar-refractivity contribution in [2.24, 2.45) is 4.99 Å². The summed E-state index contributed by atoms with van der Waals surface area (Å²) in [6.45, 7) is 5.23. The Hall–Kier alpha value is -1.41. The highest BCUT2D eigenvalue weighted by molar-refractivity contribution is 5.78. The van der Waals surface area contributed by atoms with E-state index in [1.54, 1.807) is 6.92 Å². The first-order chi connectivity index (χ1) is 4.68. The first-order valence-corrected chi connectivity index (χ1v) is 2.56. The van der Waals surface area contributed by atoms with Crippen molar-refractivity contribution in [1.82, 2.24) is 0 Å². The minimum atomic E-state index is -1.23. The predicted octanol–water partition coefficient (Wildman–Crippen LogP) is 0.472. The van der Waals surface area contributed by atoms with E-state index in [1.165, 1.54) is 6.08 Å². The van der Waals surface area contributed by atoms with E-state index in [0.29, 0.717) is 6.54 Å². The Balaban J connectivity index is 0. The maximum atomic E-state index is 9.14. The third kappa shape index (κ3) is 30.7. The lowest BCUT2D eigenvalue weighted by atomic mass is 10.7. The summed E-state index contributed by atoms with van der Waals surface area (Å²) in [6.07, 6.45) is 2.11. The van der Waals surface area contributed by atoms with E-state index in [2.05, 4.69) is 11.6 Å². The zero-order valence-electron chi connectivity index (χ0n) is 5.66. The standard InChI is InChI=1S/C3H5NO.C3H3O2/c1-2-4-3-5;1-2-3(4)5/h2H2,1H3;2H,1H2. The monoisotopic (exact) mass is 142 g/mol. The molecule has 0 fully saturated rings. The molecule has 0 atom stereocenters. The number of carbonyl (C=O) groups excluding carboxylic acids is 2. The molecule has 0 heterocycles. The van der Waals surface area contributed by atoms with Crippen molar-refractivity contribution in [3.05, 3.63) is 12.7 Å². The molecule has 0 unspecified atom stereocenters. The fourth-order valence-electron chi connectivity index (χ4n) is 0.0645. The lowest BCUT2D eigenvalue weighted by molar-refractivity contribution is -0.137. The molecule has 0 spiro atoms. The molecule has 0 amide bonds. The number of nitrogens with zero attached hydrogens (tertiary/aromatic N) is 1. The van der Waals surface area contributed by atoms with E-state index in [-0.39, 0.29) is 0 Å². The molecule has 1 radical (unpaired) electrons. The Morgan fingerprint density at radius 1 is 1.80 bits per heavy atom. The quantitative estimate of drug-likeness (QED) is 0.319. The van der Waals surface area contributed by atoms with Crippen molar-refractivity contribution < 1.29 is 14.7 Å². The number of aliphatic imine (C=N–C) groups is 1. The van der Waals surface area contributed by atoms with Gasteiger partial charge in [0.25, 0.3) is 0 Å². The zero-order chi connectivity index (χ0) is 8.41. The SMILES string of the molecule is C=CC([O])=O.CCN=C=O. The normalized spacial score (nSPS) is 6.10. The summed E-state index contributed by atoms with van der Waals surface area (Å²) in [5.74, 6) is -1.23. The number of hydrogen-bond donors (Lipinski definition) is 0. The van der Waals surface area contributed by atoms with E-state index in [0.717, 1.165) is 6.08 Å². The highest BCUT2D eigenvalue weighted by atomic mass is 16.4. The van der Waals surface area contributed by atoms with Crippen LogP contribution in [0.4, 0.5) is 0 Å². The van der Waals surface area contributed by atoms with Crippen LogP contribution < -0.4 is 0 Å². The summed E-state index contributed by atoms with van der Waals surface area (Å²) in [5.41, 5.74) is 0. The molecule has 0 aromatic carbocycles. The molecule has 0 aliphatic carbocycles. The number of carbonyl (C=O) groups is 1. The molecule has 55 valence electrons. The van der Waals surface area contributed by atoms with Gasteiger partial charge in [-0.3, -0.25) is 0 Å². The smallest absolute Gasteiger partial charge is 0.242 e. The van der Waals surface area contributed by atoms with Gasteiger partial charge in [-0.05, 0) is 6.92 Å². The molecule has 0 N–H and O–H groups in total. The Morgan fingerprint density at radius 2 is 2.20 bits per heavy atom. The summed E-state index contributed by atoms with van der Waals surface area (Å²) in [7, 11) is 0. The molecule has 0 rings (SSSR count). The van der Waals surface area contributed by atoms with Crippen LogP contribution in [0.2, 0.25) is 0 Å². The molecule has 10 heavy (non-hydrogen) atoms. The first kappa shape index (κ1) is 11.4. The Kier molecular flexibility index (Phi) is 12.0. The van der Waals surface area contributed by atoms with Gasteiger partial charge in [0.2, 0.25) is 6.08 Å². The third-order valence-electron chi connectivity index (χ3n) is 0.389. The largest absolute Gasteiger partial charge is 0.378 e. The lowest BCUT2D eigenvalue weighted by Gasteiger charge is -1.58. The highest BCUT2D eigenvalue weighted by Crippen LogP contribution is 1.56. The number of rotatable bonds is 2. The molecule has 0 bridgehead atoms. The van der Waals surface area contributed by atoms with Crippen LogP contribution in [-0.4, -0.2) is 18.6 Å². The van der Waals surface area contributed by atoms with Gasteiger partial charge in [-0.15, -0.1) is 0 Å². The van der Waals surface area contributed by atoms with Gasteiger partial charge in [-0.1, -0.05) is 6.58 Å². The summed E-state index contributed by atoms with van der Waals surface area (Å²) in [5, 5.41) is 9.14. The summed E-state index contributed by atoms with van der Waals surface area (Å²) < 4.78 is 0. The highest BCUT2D eigenvalue weighted by Gasteiger charge is 1.79. The minimum absolute atomic E-state index is 0.545. The van der Waals surface area contributed by atoms with Crippen LogP contribution in [0.25, 0.3) is 0 Å². The van der Waals surface area contributed by atoms with Crippen molar-refractivity contribution in [3.8, 4) is 0 Å². The third-order valence-corrected chi connectivity index (χ3v) is 0.389. The predicted molar refractivity (Wildman–Crippen MR) is 34.6 cm³/mol. The average molecular weight is 142 g/mol. The van der Waals surface area contributed by atoms with Crippen LogP contribution in [0.5, 0.6) is 0 Å². The van der Waals surface area contributed by atoms with E-state index in [9.17, 15) is 0 Å². The van der Waals surface area contributed by atoms with Crippen LogP contribution in [-0.2, 0) is 14.7 Å². The Morgan fingerprint density at radius 3 is 2.20 bits per heavy atom. The fraction of sp³-hybridized carbons (Fsp3) is 0.333. The number of isocyanates is 1. The van der Waals surface area contributed by atoms with E-state index < -0.39 is 5.97 Å². The summed E-state index contributed by atoms with van der Waals surface area (Å²) in [4.78, 5) is 21.4. The van der Waals surface area contributed by atoms with Gasteiger partial charge >= 0.3 is 5.97 Å².